The molecule has 4 rings (SSSR count). The highest BCUT2D eigenvalue weighted by molar-refractivity contribution is 6.39. The van der Waals surface area contributed by atoms with Crippen LogP contribution in [-0.4, -0.2) is 30.4 Å². The zero-order valence-corrected chi connectivity index (χ0v) is 20.3. The van der Waals surface area contributed by atoms with Gasteiger partial charge in [0.05, 0.1) is 5.69 Å². The Bertz CT molecular complexity index is 1400. The summed E-state index contributed by atoms with van der Waals surface area (Å²) in [7, 11) is 0. The molecule has 2 N–H and O–H groups in total. The van der Waals surface area contributed by atoms with Crippen LogP contribution in [0.3, 0.4) is 0 Å². The monoisotopic (exact) mass is 503 g/mol. The average Bonchev–Trinajstić information content (AvgIpc) is 2.85. The third kappa shape index (κ3) is 5.29. The van der Waals surface area contributed by atoms with Crippen LogP contribution in [0.5, 0.6) is 5.75 Å². The second-order valence-electron chi connectivity index (χ2n) is 8.06. The van der Waals surface area contributed by atoms with E-state index < -0.39 is 17.8 Å². The van der Waals surface area contributed by atoms with Crippen molar-refractivity contribution < 1.29 is 23.9 Å². The molecule has 0 saturated carbocycles. The number of halogens is 1. The summed E-state index contributed by atoms with van der Waals surface area (Å²) >= 11 is 6.14. The van der Waals surface area contributed by atoms with Gasteiger partial charge in [0.1, 0.15) is 11.3 Å². The molecular formula is C27H22ClN3O5. The summed E-state index contributed by atoms with van der Waals surface area (Å²) in [6.07, 6.45) is 1.38. The molecule has 0 aromatic heterocycles. The Balaban J connectivity index is 1.46. The van der Waals surface area contributed by atoms with Gasteiger partial charge in [-0.2, -0.15) is 0 Å². The van der Waals surface area contributed by atoms with E-state index in [0.717, 1.165) is 10.5 Å². The average molecular weight is 504 g/mol. The quantitative estimate of drug-likeness (QED) is 0.376. The lowest BCUT2D eigenvalue weighted by molar-refractivity contribution is -0.122. The number of nitrogens with zero attached hydrogens (tertiary/aromatic N) is 1. The van der Waals surface area contributed by atoms with Crippen LogP contribution in [-0.2, 0) is 14.4 Å². The Morgan fingerprint density at radius 2 is 1.72 bits per heavy atom. The fourth-order valence-corrected chi connectivity index (χ4v) is 3.76. The molecule has 0 aliphatic carbocycles. The Kier molecular flexibility index (Phi) is 7.17. The van der Waals surface area contributed by atoms with Gasteiger partial charge in [0.15, 0.2) is 6.61 Å². The number of nitrogens with one attached hydrogen (secondary N) is 2. The van der Waals surface area contributed by atoms with Crippen molar-refractivity contribution in [2.75, 3.05) is 16.8 Å². The molecule has 1 heterocycles. The zero-order valence-electron chi connectivity index (χ0n) is 19.5. The van der Waals surface area contributed by atoms with Gasteiger partial charge >= 0.3 is 6.03 Å². The number of hydrogen-bond acceptors (Lipinski definition) is 5. The van der Waals surface area contributed by atoms with Crippen molar-refractivity contribution in [3.8, 4) is 5.75 Å². The highest BCUT2D eigenvalue weighted by Gasteiger charge is 2.37. The minimum Gasteiger partial charge on any atom is -0.484 e. The topological polar surface area (TPSA) is 105 Å². The van der Waals surface area contributed by atoms with Crippen LogP contribution in [0.25, 0.3) is 6.08 Å². The number of urea groups is 1. The van der Waals surface area contributed by atoms with E-state index in [2.05, 4.69) is 10.6 Å². The number of hydrogen-bond donors (Lipinski definition) is 2. The second kappa shape index (κ2) is 10.5. The lowest BCUT2D eigenvalue weighted by Crippen LogP contribution is -2.54. The number of amides is 5. The zero-order chi connectivity index (χ0) is 25.8. The molecule has 0 radical (unpaired) electrons. The number of barbiturate groups is 1. The maximum absolute atomic E-state index is 13.1. The van der Waals surface area contributed by atoms with Crippen molar-refractivity contribution in [1.29, 1.82) is 0 Å². The standard InChI is InChI=1S/C27H22ClN3O5/c1-16-6-3-4-8-22(16)29-24(32)15-36-19-12-10-18(11-13-19)14-20-25(33)30-27(35)31(26(20)34)23-9-5-7-21(28)17(23)2/h3-14H,15H2,1-2H3,(H,29,32)(H,30,33,35)/b20-14-. The van der Waals surface area contributed by atoms with Crippen LogP contribution in [0.1, 0.15) is 16.7 Å². The Morgan fingerprint density at radius 3 is 2.44 bits per heavy atom. The molecule has 0 atom stereocenters. The van der Waals surface area contributed by atoms with E-state index in [1.165, 1.54) is 6.08 Å². The molecule has 9 heteroatoms. The van der Waals surface area contributed by atoms with Crippen molar-refractivity contribution in [2.24, 2.45) is 0 Å². The molecule has 36 heavy (non-hydrogen) atoms. The van der Waals surface area contributed by atoms with E-state index in [-0.39, 0.29) is 23.8 Å². The van der Waals surface area contributed by atoms with Crippen molar-refractivity contribution in [1.82, 2.24) is 5.32 Å². The van der Waals surface area contributed by atoms with Gasteiger partial charge in [-0.3, -0.25) is 19.7 Å². The highest BCUT2D eigenvalue weighted by Crippen LogP contribution is 2.29. The van der Waals surface area contributed by atoms with Crippen LogP contribution < -0.4 is 20.3 Å². The Hall–Kier alpha value is -4.43. The molecule has 3 aromatic carbocycles. The molecule has 0 spiro atoms. The number of carbonyl (C=O) groups is 4. The van der Waals surface area contributed by atoms with Crippen LogP contribution in [0.15, 0.2) is 72.3 Å². The van der Waals surface area contributed by atoms with E-state index in [1.807, 2.05) is 25.1 Å². The molecule has 0 unspecified atom stereocenters. The molecule has 1 aliphatic heterocycles. The predicted octanol–water partition coefficient (Wildman–Crippen LogP) is 4.64. The summed E-state index contributed by atoms with van der Waals surface area (Å²) in [4.78, 5) is 51.0. The lowest BCUT2D eigenvalue weighted by atomic mass is 10.1. The van der Waals surface area contributed by atoms with Crippen molar-refractivity contribution in [2.45, 2.75) is 13.8 Å². The molecule has 3 aromatic rings. The maximum atomic E-state index is 13.1. The van der Waals surface area contributed by atoms with Gasteiger partial charge in [-0.15, -0.1) is 0 Å². The smallest absolute Gasteiger partial charge is 0.335 e. The minimum absolute atomic E-state index is 0.189. The molecule has 5 amide bonds. The molecule has 8 nitrogen and oxygen atoms in total. The number of benzene rings is 3. The first-order valence-electron chi connectivity index (χ1n) is 11.0. The predicted molar refractivity (Wildman–Crippen MR) is 137 cm³/mol. The van der Waals surface area contributed by atoms with Crippen LogP contribution in [0.2, 0.25) is 5.02 Å². The van der Waals surface area contributed by atoms with Crippen molar-refractivity contribution in [3.63, 3.8) is 0 Å². The summed E-state index contributed by atoms with van der Waals surface area (Å²) in [6, 6.07) is 17.9. The fraction of sp³-hybridized carbons (Fsp3) is 0.111. The SMILES string of the molecule is Cc1ccccc1NC(=O)COc1ccc(/C=C2/C(=O)NC(=O)N(c3cccc(Cl)c3C)C2=O)cc1. The largest absolute Gasteiger partial charge is 0.484 e. The summed E-state index contributed by atoms with van der Waals surface area (Å²) in [6.45, 7) is 3.38. The van der Waals surface area contributed by atoms with Crippen molar-refractivity contribution >= 4 is 52.8 Å². The minimum atomic E-state index is -0.847. The van der Waals surface area contributed by atoms with Crippen LogP contribution >= 0.6 is 11.6 Å². The van der Waals surface area contributed by atoms with Gasteiger partial charge in [-0.25, -0.2) is 9.69 Å². The number of para-hydroxylation sites is 1. The number of carbonyl (C=O) groups excluding carboxylic acids is 4. The van der Waals surface area contributed by atoms with E-state index in [9.17, 15) is 19.2 Å². The number of ether oxygens (including phenoxy) is 1. The van der Waals surface area contributed by atoms with Crippen molar-refractivity contribution in [3.05, 3.63) is 94.0 Å². The molecule has 1 aliphatic rings. The van der Waals surface area contributed by atoms with Gasteiger partial charge in [0, 0.05) is 10.7 Å². The summed E-state index contributed by atoms with van der Waals surface area (Å²) in [5.41, 5.74) is 2.79. The molecule has 0 bridgehead atoms. The first-order chi connectivity index (χ1) is 17.2. The third-order valence-corrected chi connectivity index (χ3v) is 5.97. The van der Waals surface area contributed by atoms with E-state index in [0.29, 0.717) is 27.6 Å². The van der Waals surface area contributed by atoms with Crippen LogP contribution in [0, 0.1) is 13.8 Å². The first-order valence-corrected chi connectivity index (χ1v) is 11.4. The number of imide groups is 2. The number of rotatable bonds is 6. The number of anilines is 2. The number of aryl methyl sites for hydroxylation is 1. The summed E-state index contributed by atoms with van der Waals surface area (Å²) < 4.78 is 5.54. The van der Waals surface area contributed by atoms with Gasteiger partial charge in [-0.05, 0) is 66.9 Å². The maximum Gasteiger partial charge on any atom is 0.335 e. The second-order valence-corrected chi connectivity index (χ2v) is 8.47. The molecule has 182 valence electrons. The Morgan fingerprint density at radius 1 is 1.00 bits per heavy atom. The highest BCUT2D eigenvalue weighted by atomic mass is 35.5. The van der Waals surface area contributed by atoms with Gasteiger partial charge in [0.25, 0.3) is 17.7 Å². The molecule has 1 saturated heterocycles. The van der Waals surface area contributed by atoms with E-state index >= 15 is 0 Å². The Labute approximate surface area is 212 Å². The fourth-order valence-electron chi connectivity index (χ4n) is 3.59. The van der Waals surface area contributed by atoms with E-state index in [4.69, 9.17) is 16.3 Å². The molecule has 1 fully saturated rings. The molecular weight excluding hydrogens is 482 g/mol. The summed E-state index contributed by atoms with van der Waals surface area (Å²) in [5, 5.41) is 5.37. The summed E-state index contributed by atoms with van der Waals surface area (Å²) in [5.74, 6) is -1.43. The van der Waals surface area contributed by atoms with Gasteiger partial charge < -0.3 is 10.1 Å². The van der Waals surface area contributed by atoms with E-state index in [1.54, 1.807) is 55.5 Å². The normalized spacial score (nSPS) is 14.6. The lowest BCUT2D eigenvalue weighted by Gasteiger charge is -2.27. The first kappa shape index (κ1) is 24.7. The van der Waals surface area contributed by atoms with Gasteiger partial charge in [0.2, 0.25) is 0 Å². The third-order valence-electron chi connectivity index (χ3n) is 5.56. The van der Waals surface area contributed by atoms with Gasteiger partial charge in [-0.1, -0.05) is 48.0 Å². The van der Waals surface area contributed by atoms with Crippen LogP contribution in [0.4, 0.5) is 16.2 Å².